The Morgan fingerprint density at radius 3 is 2.84 bits per heavy atom. The van der Waals surface area contributed by atoms with E-state index in [0.29, 0.717) is 11.5 Å². The number of thioether (sulfide) groups is 1. The average molecular weight is 293 g/mol. The van der Waals surface area contributed by atoms with Crippen LogP contribution in [0, 0.1) is 16.7 Å². The van der Waals surface area contributed by atoms with Gasteiger partial charge in [-0.25, -0.2) is 0 Å². The van der Waals surface area contributed by atoms with Crippen molar-refractivity contribution >= 4 is 35.3 Å². The quantitative estimate of drug-likeness (QED) is 0.684. The Hall–Kier alpha value is -1.45. The second-order valence-corrected chi connectivity index (χ2v) is 5.70. The average Bonchev–Trinajstić information content (AvgIpc) is 2.40. The molecule has 1 heterocycles. The van der Waals surface area contributed by atoms with Crippen LogP contribution in [0.4, 0.5) is 0 Å². The number of ketones is 1. The number of Topliss-reactive ketones (excluding diaryl/α,β-unsaturated/α-hetero) is 1. The van der Waals surface area contributed by atoms with Crippen LogP contribution in [0.3, 0.4) is 0 Å². The first-order valence-corrected chi connectivity index (χ1v) is 7.14. The standard InChI is InChI=1S/C13H11NO3S2/c1-2-19-12-13(7-14,11(16)18)10(15)8-5-3-4-6-9(8)17-12/h3-6,12H,2H2,1H3,(H,16,18). The topological polar surface area (TPSA) is 67.2 Å². The first-order chi connectivity index (χ1) is 9.07. The van der Waals surface area contributed by atoms with E-state index in [0.717, 1.165) is 0 Å². The van der Waals surface area contributed by atoms with Crippen LogP contribution in [0.5, 0.6) is 5.75 Å². The van der Waals surface area contributed by atoms with Crippen LogP contribution in [-0.4, -0.2) is 22.1 Å². The van der Waals surface area contributed by atoms with Gasteiger partial charge in [-0.1, -0.05) is 19.1 Å². The summed E-state index contributed by atoms with van der Waals surface area (Å²) in [7, 11) is 0. The SMILES string of the molecule is CCSC1Oc2ccccc2C(=O)C1(C#N)C(=O)S. The number of hydrogen-bond donors (Lipinski definition) is 1. The molecule has 0 aromatic heterocycles. The van der Waals surface area contributed by atoms with Crippen molar-refractivity contribution in [1.82, 2.24) is 0 Å². The zero-order chi connectivity index (χ0) is 14.0. The number of hydrogen-bond acceptors (Lipinski definition) is 5. The van der Waals surface area contributed by atoms with Crippen molar-refractivity contribution in [3.63, 3.8) is 0 Å². The number of carbonyl (C=O) groups is 2. The lowest BCUT2D eigenvalue weighted by Gasteiger charge is -2.35. The maximum Gasteiger partial charge on any atom is 0.234 e. The van der Waals surface area contributed by atoms with Gasteiger partial charge in [0, 0.05) is 0 Å². The van der Waals surface area contributed by atoms with E-state index in [9.17, 15) is 14.9 Å². The summed E-state index contributed by atoms with van der Waals surface area (Å²) < 4.78 is 5.66. The summed E-state index contributed by atoms with van der Waals surface area (Å²) in [6, 6.07) is 8.43. The molecule has 98 valence electrons. The number of fused-ring (bicyclic) bond motifs is 1. The van der Waals surface area contributed by atoms with Gasteiger partial charge in [0.15, 0.2) is 11.2 Å². The summed E-state index contributed by atoms with van der Waals surface area (Å²) in [4.78, 5) is 24.3. The van der Waals surface area contributed by atoms with Crippen molar-refractivity contribution in [3.8, 4) is 11.8 Å². The molecule has 0 aliphatic carbocycles. The molecule has 0 saturated heterocycles. The minimum absolute atomic E-state index is 0.249. The summed E-state index contributed by atoms with van der Waals surface area (Å²) in [6.07, 6.45) is 0. The second-order valence-electron chi connectivity index (χ2n) is 3.96. The molecule has 0 fully saturated rings. The molecule has 4 nitrogen and oxygen atoms in total. The molecule has 0 N–H and O–H groups in total. The maximum atomic E-state index is 12.5. The van der Waals surface area contributed by atoms with E-state index < -0.39 is 21.7 Å². The van der Waals surface area contributed by atoms with Gasteiger partial charge in [0.05, 0.1) is 11.6 Å². The van der Waals surface area contributed by atoms with Crippen molar-refractivity contribution in [2.45, 2.75) is 12.4 Å². The van der Waals surface area contributed by atoms with Crippen molar-refractivity contribution < 1.29 is 14.3 Å². The highest BCUT2D eigenvalue weighted by Crippen LogP contribution is 2.44. The van der Waals surface area contributed by atoms with Crippen LogP contribution < -0.4 is 4.74 Å². The van der Waals surface area contributed by atoms with Gasteiger partial charge in [0.25, 0.3) is 0 Å². The molecule has 1 aliphatic heterocycles. The molecule has 2 rings (SSSR count). The van der Waals surface area contributed by atoms with Gasteiger partial charge in [-0.05, 0) is 17.9 Å². The summed E-state index contributed by atoms with van der Waals surface area (Å²) in [6.45, 7) is 1.87. The van der Waals surface area contributed by atoms with Gasteiger partial charge in [-0.2, -0.15) is 5.26 Å². The molecule has 2 unspecified atom stereocenters. The molecule has 0 spiro atoms. The number of nitriles is 1. The maximum absolute atomic E-state index is 12.5. The van der Waals surface area contributed by atoms with Crippen LogP contribution >= 0.6 is 24.4 Å². The molecule has 0 radical (unpaired) electrons. The first kappa shape index (κ1) is 14.0. The largest absolute Gasteiger partial charge is 0.476 e. The molecule has 2 atom stereocenters. The number of para-hydroxylation sites is 1. The minimum atomic E-state index is -1.88. The highest BCUT2D eigenvalue weighted by Gasteiger charge is 2.57. The first-order valence-electron chi connectivity index (χ1n) is 5.64. The van der Waals surface area contributed by atoms with Crippen LogP contribution in [0.15, 0.2) is 24.3 Å². The predicted octanol–water partition coefficient (Wildman–Crippen LogP) is 2.31. The fraction of sp³-hybridized carbons (Fsp3) is 0.308. The molecule has 0 saturated carbocycles. The van der Waals surface area contributed by atoms with Gasteiger partial charge >= 0.3 is 0 Å². The fourth-order valence-corrected chi connectivity index (χ4v) is 3.29. The van der Waals surface area contributed by atoms with Crippen LogP contribution in [-0.2, 0) is 4.79 Å². The van der Waals surface area contributed by atoms with E-state index in [4.69, 9.17) is 4.74 Å². The number of rotatable bonds is 3. The highest BCUT2D eigenvalue weighted by molar-refractivity contribution is 8.00. The van der Waals surface area contributed by atoms with E-state index in [1.54, 1.807) is 24.3 Å². The van der Waals surface area contributed by atoms with Crippen LogP contribution in [0.25, 0.3) is 0 Å². The van der Waals surface area contributed by atoms with E-state index in [1.807, 2.05) is 13.0 Å². The summed E-state index contributed by atoms with van der Waals surface area (Å²) in [5.41, 5.74) is -2.49. The number of thiol groups is 1. The monoisotopic (exact) mass is 293 g/mol. The van der Waals surface area contributed by atoms with Gasteiger partial charge in [-0.3, -0.25) is 9.59 Å². The van der Waals surface area contributed by atoms with Crippen molar-refractivity contribution in [2.75, 3.05) is 5.75 Å². The second kappa shape index (κ2) is 5.27. The molecule has 6 heteroatoms. The Morgan fingerprint density at radius 1 is 1.58 bits per heavy atom. The molecular formula is C13H11NO3S2. The number of carbonyl (C=O) groups excluding carboxylic acids is 2. The Balaban J connectivity index is 2.62. The summed E-state index contributed by atoms with van der Waals surface area (Å²) in [5.74, 6) is 0.478. The van der Waals surface area contributed by atoms with E-state index >= 15 is 0 Å². The van der Waals surface area contributed by atoms with Gasteiger partial charge in [0.1, 0.15) is 5.75 Å². The third-order valence-corrected chi connectivity index (χ3v) is 4.35. The molecule has 1 aromatic carbocycles. The van der Waals surface area contributed by atoms with E-state index in [2.05, 4.69) is 12.6 Å². The van der Waals surface area contributed by atoms with Crippen molar-refractivity contribution in [1.29, 1.82) is 5.26 Å². The number of nitrogens with zero attached hydrogens (tertiary/aromatic N) is 1. The Bertz CT molecular complexity index is 581. The van der Waals surface area contributed by atoms with E-state index in [1.165, 1.54) is 11.8 Å². The molecule has 0 bridgehead atoms. The normalized spacial score (nSPS) is 25.1. The zero-order valence-corrected chi connectivity index (χ0v) is 11.8. The summed E-state index contributed by atoms with van der Waals surface area (Å²) in [5, 5.41) is 8.59. The Morgan fingerprint density at radius 2 is 2.26 bits per heavy atom. The molecular weight excluding hydrogens is 282 g/mol. The zero-order valence-electron chi connectivity index (χ0n) is 10.1. The van der Waals surface area contributed by atoms with Gasteiger partial charge in [0.2, 0.25) is 10.5 Å². The number of benzene rings is 1. The highest BCUT2D eigenvalue weighted by atomic mass is 32.2. The lowest BCUT2D eigenvalue weighted by Crippen LogP contribution is -2.50. The lowest BCUT2D eigenvalue weighted by molar-refractivity contribution is -0.117. The third kappa shape index (κ3) is 2.03. The number of ether oxygens (including phenoxy) is 1. The third-order valence-electron chi connectivity index (χ3n) is 2.91. The van der Waals surface area contributed by atoms with Gasteiger partial charge < -0.3 is 4.74 Å². The lowest BCUT2D eigenvalue weighted by atomic mass is 9.81. The molecule has 19 heavy (non-hydrogen) atoms. The summed E-state index contributed by atoms with van der Waals surface area (Å²) >= 11 is 4.98. The minimum Gasteiger partial charge on any atom is -0.476 e. The van der Waals surface area contributed by atoms with Crippen molar-refractivity contribution in [3.05, 3.63) is 29.8 Å². The molecule has 1 aromatic rings. The fourth-order valence-electron chi connectivity index (χ4n) is 1.94. The Labute approximate surface area is 120 Å². The molecule has 0 amide bonds. The Kier molecular flexibility index (Phi) is 3.88. The van der Waals surface area contributed by atoms with Gasteiger partial charge in [-0.15, -0.1) is 24.4 Å². The smallest absolute Gasteiger partial charge is 0.234 e. The van der Waals surface area contributed by atoms with Crippen molar-refractivity contribution in [2.24, 2.45) is 5.41 Å². The van der Waals surface area contributed by atoms with Crippen LogP contribution in [0.1, 0.15) is 17.3 Å². The molecule has 1 aliphatic rings. The van der Waals surface area contributed by atoms with Crippen LogP contribution in [0.2, 0.25) is 0 Å². The van der Waals surface area contributed by atoms with E-state index in [-0.39, 0.29) is 5.56 Å². The predicted molar refractivity (Wildman–Crippen MR) is 75.4 cm³/mol.